The maximum Gasteiger partial charge on any atom is 0.270 e. The van der Waals surface area contributed by atoms with Crippen molar-refractivity contribution >= 4 is 28.4 Å². The average molecular weight is 373 g/mol. The predicted molar refractivity (Wildman–Crippen MR) is 103 cm³/mol. The molecule has 0 aliphatic heterocycles. The Balaban J connectivity index is 1.90. The first-order chi connectivity index (χ1) is 12.4. The van der Waals surface area contributed by atoms with Gasteiger partial charge in [0.05, 0.1) is 14.2 Å². The van der Waals surface area contributed by atoms with E-state index in [0.29, 0.717) is 23.0 Å². The Bertz CT molecular complexity index is 965. The van der Waals surface area contributed by atoms with E-state index in [1.165, 1.54) is 0 Å². The van der Waals surface area contributed by atoms with Crippen LogP contribution in [-0.2, 0) is 13.6 Å². The average Bonchev–Trinajstić information content (AvgIpc) is 2.97. The number of halogens is 1. The van der Waals surface area contributed by atoms with Crippen LogP contribution in [0.4, 0.5) is 0 Å². The molecular weight excluding hydrogens is 352 g/mol. The molecule has 0 bridgehead atoms. The third-order valence-electron chi connectivity index (χ3n) is 4.47. The van der Waals surface area contributed by atoms with Crippen molar-refractivity contribution in [3.63, 3.8) is 0 Å². The van der Waals surface area contributed by atoms with E-state index in [9.17, 15) is 4.79 Å². The summed E-state index contributed by atoms with van der Waals surface area (Å²) in [5.74, 6) is 1.39. The van der Waals surface area contributed by atoms with Crippen LogP contribution in [0.3, 0.4) is 0 Å². The Morgan fingerprint density at radius 3 is 2.58 bits per heavy atom. The summed E-state index contributed by atoms with van der Waals surface area (Å²) >= 11 is 6.09. The summed E-state index contributed by atoms with van der Waals surface area (Å²) in [6.45, 7) is 0.396. The summed E-state index contributed by atoms with van der Waals surface area (Å²) in [6.07, 6.45) is 0. The summed E-state index contributed by atoms with van der Waals surface area (Å²) in [6, 6.07) is 13.0. The largest absolute Gasteiger partial charge is 0.497 e. The van der Waals surface area contributed by atoms with Gasteiger partial charge in [-0.1, -0.05) is 11.6 Å². The second kappa shape index (κ2) is 7.30. The minimum atomic E-state index is -0.0790. The first-order valence-corrected chi connectivity index (χ1v) is 8.53. The van der Waals surface area contributed by atoms with E-state index < -0.39 is 0 Å². The van der Waals surface area contributed by atoms with Crippen LogP contribution in [0.15, 0.2) is 42.5 Å². The van der Waals surface area contributed by atoms with Gasteiger partial charge < -0.3 is 18.9 Å². The molecule has 3 rings (SSSR count). The monoisotopic (exact) mass is 372 g/mol. The number of nitrogens with zero attached hydrogens (tertiary/aromatic N) is 2. The summed E-state index contributed by atoms with van der Waals surface area (Å²) in [4.78, 5) is 14.6. The van der Waals surface area contributed by atoms with E-state index in [1.807, 2.05) is 41.9 Å². The predicted octanol–water partition coefficient (Wildman–Crippen LogP) is 4.12. The van der Waals surface area contributed by atoms with Crippen molar-refractivity contribution in [2.45, 2.75) is 6.54 Å². The lowest BCUT2D eigenvalue weighted by Gasteiger charge is -2.19. The minimum Gasteiger partial charge on any atom is -0.497 e. The van der Waals surface area contributed by atoms with Gasteiger partial charge in [-0.15, -0.1) is 0 Å². The zero-order valence-electron chi connectivity index (χ0n) is 15.2. The van der Waals surface area contributed by atoms with Crippen molar-refractivity contribution in [1.82, 2.24) is 9.47 Å². The number of aryl methyl sites for hydroxylation is 1. The maximum absolute atomic E-state index is 13.0. The van der Waals surface area contributed by atoms with Crippen molar-refractivity contribution in [1.29, 1.82) is 0 Å². The van der Waals surface area contributed by atoms with E-state index in [4.69, 9.17) is 21.1 Å². The Morgan fingerprint density at radius 1 is 1.12 bits per heavy atom. The third-order valence-corrected chi connectivity index (χ3v) is 4.70. The summed E-state index contributed by atoms with van der Waals surface area (Å²) in [7, 11) is 6.88. The van der Waals surface area contributed by atoms with E-state index in [1.54, 1.807) is 38.3 Å². The molecule has 0 aliphatic rings. The fourth-order valence-electron chi connectivity index (χ4n) is 3.05. The van der Waals surface area contributed by atoms with Crippen LogP contribution in [0, 0.1) is 0 Å². The van der Waals surface area contributed by atoms with Crippen LogP contribution in [0.1, 0.15) is 16.1 Å². The number of methoxy groups -OCH3 is 2. The minimum absolute atomic E-state index is 0.0790. The smallest absolute Gasteiger partial charge is 0.270 e. The second-order valence-corrected chi connectivity index (χ2v) is 6.57. The highest BCUT2D eigenvalue weighted by Gasteiger charge is 2.19. The molecule has 1 aromatic heterocycles. The molecule has 0 atom stereocenters. The molecule has 1 heterocycles. The second-order valence-electron chi connectivity index (χ2n) is 6.13. The molecule has 0 N–H and O–H groups in total. The number of ether oxygens (including phenoxy) is 2. The topological polar surface area (TPSA) is 43.7 Å². The molecule has 0 spiro atoms. The van der Waals surface area contributed by atoms with Crippen molar-refractivity contribution < 1.29 is 14.3 Å². The van der Waals surface area contributed by atoms with Crippen molar-refractivity contribution in [2.24, 2.45) is 7.05 Å². The van der Waals surface area contributed by atoms with Crippen LogP contribution in [0.25, 0.3) is 10.9 Å². The number of hydrogen-bond donors (Lipinski definition) is 0. The third kappa shape index (κ3) is 3.35. The van der Waals surface area contributed by atoms with Gasteiger partial charge in [-0.25, -0.2) is 0 Å². The SMILES string of the molecule is COc1ccc2c(c1)cc(C(=O)N(C)Cc1cc(Cl)ccc1OC)n2C. The molecule has 5 nitrogen and oxygen atoms in total. The zero-order chi connectivity index (χ0) is 18.8. The fourth-order valence-corrected chi connectivity index (χ4v) is 3.25. The van der Waals surface area contributed by atoms with Crippen LogP contribution >= 0.6 is 11.6 Å². The summed E-state index contributed by atoms with van der Waals surface area (Å²) in [5, 5.41) is 1.57. The first-order valence-electron chi connectivity index (χ1n) is 8.16. The Kier molecular flexibility index (Phi) is 5.09. The number of fused-ring (bicyclic) bond motifs is 1. The van der Waals surface area contributed by atoms with Crippen molar-refractivity contribution in [3.05, 3.63) is 58.7 Å². The number of benzene rings is 2. The molecule has 0 radical (unpaired) electrons. The van der Waals surface area contributed by atoms with Gasteiger partial charge in [-0.3, -0.25) is 4.79 Å². The highest BCUT2D eigenvalue weighted by Crippen LogP contribution is 2.26. The molecule has 0 aliphatic carbocycles. The van der Waals surface area contributed by atoms with Crippen LogP contribution in [-0.4, -0.2) is 36.6 Å². The van der Waals surface area contributed by atoms with Crippen LogP contribution in [0.2, 0.25) is 5.02 Å². The van der Waals surface area contributed by atoms with Gasteiger partial charge in [0.25, 0.3) is 5.91 Å². The Hall–Kier alpha value is -2.66. The molecule has 3 aromatic rings. The molecule has 26 heavy (non-hydrogen) atoms. The number of rotatable bonds is 5. The van der Waals surface area contributed by atoms with Crippen molar-refractivity contribution in [3.8, 4) is 11.5 Å². The lowest BCUT2D eigenvalue weighted by molar-refractivity contribution is 0.0775. The number of carbonyl (C=O) groups is 1. The van der Waals surface area contributed by atoms with E-state index in [2.05, 4.69) is 0 Å². The lowest BCUT2D eigenvalue weighted by atomic mass is 10.2. The van der Waals surface area contributed by atoms with Gasteiger partial charge in [0, 0.05) is 42.1 Å². The van der Waals surface area contributed by atoms with Gasteiger partial charge in [0.1, 0.15) is 17.2 Å². The number of carbonyl (C=O) groups excluding carboxylic acids is 1. The van der Waals surface area contributed by atoms with Gasteiger partial charge in [-0.2, -0.15) is 0 Å². The molecule has 0 saturated carbocycles. The normalized spacial score (nSPS) is 10.8. The van der Waals surface area contributed by atoms with Gasteiger partial charge in [0.2, 0.25) is 0 Å². The quantitative estimate of drug-likeness (QED) is 0.676. The lowest BCUT2D eigenvalue weighted by Crippen LogP contribution is -2.28. The molecule has 0 fully saturated rings. The molecule has 6 heteroatoms. The summed E-state index contributed by atoms with van der Waals surface area (Å²) in [5.41, 5.74) is 2.44. The van der Waals surface area contributed by atoms with E-state index >= 15 is 0 Å². The number of hydrogen-bond acceptors (Lipinski definition) is 3. The highest BCUT2D eigenvalue weighted by molar-refractivity contribution is 6.30. The van der Waals surface area contributed by atoms with E-state index in [-0.39, 0.29) is 5.91 Å². The number of amides is 1. The molecule has 1 amide bonds. The molecule has 0 unspecified atom stereocenters. The van der Waals surface area contributed by atoms with Crippen LogP contribution in [0.5, 0.6) is 11.5 Å². The molecule has 136 valence electrons. The van der Waals surface area contributed by atoms with Crippen LogP contribution < -0.4 is 9.47 Å². The fraction of sp³-hybridized carbons (Fsp3) is 0.250. The Morgan fingerprint density at radius 2 is 1.88 bits per heavy atom. The van der Waals surface area contributed by atoms with Crippen molar-refractivity contribution in [2.75, 3.05) is 21.3 Å². The van der Waals surface area contributed by atoms with Gasteiger partial charge in [-0.05, 0) is 42.5 Å². The summed E-state index contributed by atoms with van der Waals surface area (Å²) < 4.78 is 12.5. The molecular formula is C20H21ClN2O3. The highest BCUT2D eigenvalue weighted by atomic mass is 35.5. The van der Waals surface area contributed by atoms with E-state index in [0.717, 1.165) is 22.2 Å². The zero-order valence-corrected chi connectivity index (χ0v) is 16.0. The van der Waals surface area contributed by atoms with Gasteiger partial charge >= 0.3 is 0 Å². The standard InChI is InChI=1S/C20H21ClN2O3/c1-22(12-14-9-15(21)5-8-19(14)26-4)20(24)18-11-13-10-16(25-3)6-7-17(13)23(18)2/h5-11H,12H2,1-4H3. The molecule has 2 aromatic carbocycles. The number of aromatic nitrogens is 1. The maximum atomic E-state index is 13.0. The molecule has 0 saturated heterocycles. The van der Waals surface area contributed by atoms with Gasteiger partial charge in [0.15, 0.2) is 0 Å². The first kappa shape index (κ1) is 18.1. The Labute approximate surface area is 157 Å².